The average Bonchev–Trinajstić information content (AvgIpc) is 3.09. The molecule has 3 rings (SSSR count). The average molecular weight is 353 g/mol. The van der Waals surface area contributed by atoms with Crippen molar-refractivity contribution in [1.82, 2.24) is 9.03 Å². The summed E-state index contributed by atoms with van der Waals surface area (Å²) < 4.78 is 35.3. The Kier molecular flexibility index (Phi) is 5.92. The lowest BCUT2D eigenvalue weighted by Crippen LogP contribution is -2.48. The molecule has 1 saturated carbocycles. The van der Waals surface area contributed by atoms with Crippen LogP contribution in [0, 0.1) is 5.92 Å². The van der Waals surface area contributed by atoms with Crippen LogP contribution in [0.25, 0.3) is 0 Å². The lowest BCUT2D eigenvalue weighted by molar-refractivity contribution is 0.0302. The predicted molar refractivity (Wildman–Crippen MR) is 94.8 cm³/mol. The van der Waals surface area contributed by atoms with Gasteiger partial charge in [-0.15, -0.1) is 0 Å². The van der Waals surface area contributed by atoms with Crippen LogP contribution < -0.4 is 4.72 Å². The van der Waals surface area contributed by atoms with Crippen LogP contribution in [0.4, 0.5) is 0 Å². The molecule has 1 N–H and O–H groups in total. The van der Waals surface area contributed by atoms with E-state index in [1.807, 2.05) is 18.2 Å². The monoisotopic (exact) mass is 352 g/mol. The molecule has 1 atom stereocenters. The van der Waals surface area contributed by atoms with E-state index in [2.05, 4.69) is 16.9 Å². The third-order valence-corrected chi connectivity index (χ3v) is 7.00. The van der Waals surface area contributed by atoms with Crippen LogP contribution in [0.3, 0.4) is 0 Å². The third-order valence-electron chi connectivity index (χ3n) is 5.32. The summed E-state index contributed by atoms with van der Waals surface area (Å²) in [6, 6.07) is 10.3. The van der Waals surface area contributed by atoms with E-state index in [1.54, 1.807) is 11.4 Å². The van der Waals surface area contributed by atoms with Gasteiger partial charge in [0.1, 0.15) is 0 Å². The first kappa shape index (κ1) is 17.9. The van der Waals surface area contributed by atoms with Gasteiger partial charge in [-0.3, -0.25) is 0 Å². The normalized spacial score (nSPS) is 22.7. The molecule has 0 amide bonds. The molecule has 2 aliphatic rings. The van der Waals surface area contributed by atoms with Crippen molar-refractivity contribution in [2.45, 2.75) is 50.7 Å². The van der Waals surface area contributed by atoms with Gasteiger partial charge in [0, 0.05) is 26.2 Å². The number of benzene rings is 1. The molecule has 1 aromatic rings. The number of hydrogen-bond donors (Lipinski definition) is 1. The second-order valence-electron chi connectivity index (χ2n) is 6.91. The fourth-order valence-electron chi connectivity index (χ4n) is 3.99. The molecular formula is C18H28N2O3S. The summed E-state index contributed by atoms with van der Waals surface area (Å²) in [7, 11) is -1.61. The van der Waals surface area contributed by atoms with Crippen LogP contribution in [-0.2, 0) is 14.9 Å². The zero-order valence-electron chi connectivity index (χ0n) is 14.4. The second-order valence-corrected chi connectivity index (χ2v) is 8.61. The number of hydrogen-bond acceptors (Lipinski definition) is 3. The van der Waals surface area contributed by atoms with E-state index in [0.717, 1.165) is 38.5 Å². The van der Waals surface area contributed by atoms with Crippen molar-refractivity contribution in [3.63, 3.8) is 0 Å². The van der Waals surface area contributed by atoms with Gasteiger partial charge >= 0.3 is 0 Å². The maximum absolute atomic E-state index is 12.5. The van der Waals surface area contributed by atoms with Crippen LogP contribution in [0.5, 0.6) is 0 Å². The molecule has 24 heavy (non-hydrogen) atoms. The van der Waals surface area contributed by atoms with Gasteiger partial charge in [-0.1, -0.05) is 43.2 Å². The Morgan fingerprint density at radius 1 is 1.08 bits per heavy atom. The quantitative estimate of drug-likeness (QED) is 0.856. The molecule has 0 aromatic heterocycles. The second kappa shape index (κ2) is 7.95. The molecule has 1 aliphatic heterocycles. The van der Waals surface area contributed by atoms with E-state index in [-0.39, 0.29) is 12.1 Å². The van der Waals surface area contributed by atoms with Crippen molar-refractivity contribution >= 4 is 10.2 Å². The predicted octanol–water partition coefficient (Wildman–Crippen LogP) is 2.86. The summed E-state index contributed by atoms with van der Waals surface area (Å²) in [4.78, 5) is 0. The highest BCUT2D eigenvalue weighted by Gasteiger charge is 2.33. The Morgan fingerprint density at radius 3 is 2.29 bits per heavy atom. The SMILES string of the molecule is COC(c1ccccc1)C1CCN(S(=O)(=O)NC2CCCC2)CC1. The first-order chi connectivity index (χ1) is 11.6. The minimum Gasteiger partial charge on any atom is -0.376 e. The van der Waals surface area contributed by atoms with E-state index >= 15 is 0 Å². The van der Waals surface area contributed by atoms with Crippen LogP contribution in [-0.4, -0.2) is 39.0 Å². The van der Waals surface area contributed by atoms with Crippen molar-refractivity contribution < 1.29 is 13.2 Å². The topological polar surface area (TPSA) is 58.6 Å². The first-order valence-electron chi connectivity index (χ1n) is 8.95. The van der Waals surface area contributed by atoms with Crippen molar-refractivity contribution in [2.24, 2.45) is 5.92 Å². The highest BCUT2D eigenvalue weighted by atomic mass is 32.2. The fraction of sp³-hybridized carbons (Fsp3) is 0.667. The molecule has 5 nitrogen and oxygen atoms in total. The summed E-state index contributed by atoms with van der Waals surface area (Å²) >= 11 is 0. The van der Waals surface area contributed by atoms with Gasteiger partial charge in [0.15, 0.2) is 0 Å². The Balaban J connectivity index is 1.58. The van der Waals surface area contributed by atoms with E-state index < -0.39 is 10.2 Å². The van der Waals surface area contributed by atoms with Crippen molar-refractivity contribution in [3.8, 4) is 0 Å². The van der Waals surface area contributed by atoms with Crippen molar-refractivity contribution in [2.75, 3.05) is 20.2 Å². The number of piperidine rings is 1. The molecule has 2 fully saturated rings. The van der Waals surface area contributed by atoms with Gasteiger partial charge in [0.05, 0.1) is 6.10 Å². The molecule has 1 unspecified atom stereocenters. The zero-order chi connectivity index (χ0) is 17.0. The van der Waals surface area contributed by atoms with Gasteiger partial charge in [-0.2, -0.15) is 17.4 Å². The molecule has 6 heteroatoms. The molecule has 1 aliphatic carbocycles. The summed E-state index contributed by atoms with van der Waals surface area (Å²) in [6.07, 6.45) is 5.89. The molecule has 0 bridgehead atoms. The Labute approximate surface area is 145 Å². The largest absolute Gasteiger partial charge is 0.376 e. The standard InChI is InChI=1S/C18H28N2O3S/c1-23-18(15-7-3-2-4-8-15)16-11-13-20(14-12-16)24(21,22)19-17-9-5-6-10-17/h2-4,7-8,16-19H,5-6,9-14H2,1H3. The Morgan fingerprint density at radius 2 is 1.71 bits per heavy atom. The molecule has 0 spiro atoms. The van der Waals surface area contributed by atoms with E-state index in [0.29, 0.717) is 19.0 Å². The van der Waals surface area contributed by atoms with Gasteiger partial charge in [-0.25, -0.2) is 0 Å². The van der Waals surface area contributed by atoms with Crippen LogP contribution in [0.15, 0.2) is 30.3 Å². The Hall–Kier alpha value is -0.950. The van der Waals surface area contributed by atoms with Crippen molar-refractivity contribution in [3.05, 3.63) is 35.9 Å². The third kappa shape index (κ3) is 4.17. The smallest absolute Gasteiger partial charge is 0.279 e. The zero-order valence-corrected chi connectivity index (χ0v) is 15.2. The maximum Gasteiger partial charge on any atom is 0.279 e. The first-order valence-corrected chi connectivity index (χ1v) is 10.4. The van der Waals surface area contributed by atoms with E-state index in [1.165, 1.54) is 5.56 Å². The summed E-state index contributed by atoms with van der Waals surface area (Å²) in [6.45, 7) is 1.14. The number of nitrogens with zero attached hydrogens (tertiary/aromatic N) is 1. The van der Waals surface area contributed by atoms with Crippen LogP contribution in [0.2, 0.25) is 0 Å². The number of rotatable bonds is 6. The molecule has 0 radical (unpaired) electrons. The van der Waals surface area contributed by atoms with Crippen LogP contribution >= 0.6 is 0 Å². The summed E-state index contributed by atoms with van der Waals surface area (Å²) in [5.74, 6) is 0.357. The maximum atomic E-state index is 12.5. The summed E-state index contributed by atoms with van der Waals surface area (Å²) in [5.41, 5.74) is 1.17. The highest BCUT2D eigenvalue weighted by Crippen LogP contribution is 2.33. The molecule has 134 valence electrons. The van der Waals surface area contributed by atoms with Gasteiger partial charge in [0.2, 0.25) is 0 Å². The Bertz CT molecular complexity index is 606. The fourth-order valence-corrected chi connectivity index (χ4v) is 5.49. The number of nitrogens with one attached hydrogen (secondary N) is 1. The summed E-state index contributed by atoms with van der Waals surface area (Å²) in [5, 5.41) is 0. The number of ether oxygens (including phenoxy) is 1. The van der Waals surface area contributed by atoms with Crippen molar-refractivity contribution in [1.29, 1.82) is 0 Å². The lowest BCUT2D eigenvalue weighted by Gasteiger charge is -2.35. The van der Waals surface area contributed by atoms with Gasteiger partial charge in [-0.05, 0) is 37.2 Å². The van der Waals surface area contributed by atoms with E-state index in [4.69, 9.17) is 4.74 Å². The molecule has 1 heterocycles. The highest BCUT2D eigenvalue weighted by molar-refractivity contribution is 7.87. The van der Waals surface area contributed by atoms with Gasteiger partial charge in [0.25, 0.3) is 10.2 Å². The molecular weight excluding hydrogens is 324 g/mol. The lowest BCUT2D eigenvalue weighted by atomic mass is 9.88. The minimum atomic E-state index is -3.34. The van der Waals surface area contributed by atoms with E-state index in [9.17, 15) is 8.42 Å². The van der Waals surface area contributed by atoms with Gasteiger partial charge < -0.3 is 4.74 Å². The molecule has 1 aromatic carbocycles. The number of methoxy groups -OCH3 is 1. The minimum absolute atomic E-state index is 0.0406. The van der Waals surface area contributed by atoms with Crippen LogP contribution in [0.1, 0.15) is 50.2 Å². The molecule has 1 saturated heterocycles.